The molecule has 220 valence electrons. The Morgan fingerprint density at radius 3 is 2.22 bits per heavy atom. The summed E-state index contributed by atoms with van der Waals surface area (Å²) in [6, 6.07) is 9.38. The molecule has 1 saturated heterocycles. The van der Waals surface area contributed by atoms with E-state index in [0.29, 0.717) is 40.2 Å². The van der Waals surface area contributed by atoms with E-state index in [1.807, 2.05) is 0 Å². The van der Waals surface area contributed by atoms with E-state index in [1.165, 1.54) is 31.4 Å². The fourth-order valence-corrected chi connectivity index (χ4v) is 4.86. The van der Waals surface area contributed by atoms with E-state index in [9.17, 15) is 26.3 Å². The zero-order valence-corrected chi connectivity index (χ0v) is 22.5. The minimum absolute atomic E-state index is 0.376. The highest BCUT2D eigenvalue weighted by atomic mass is 19.4. The van der Waals surface area contributed by atoms with Crippen molar-refractivity contribution in [3.05, 3.63) is 83.3 Å². The highest BCUT2D eigenvalue weighted by molar-refractivity contribution is 5.91. The molecule has 41 heavy (non-hydrogen) atoms. The van der Waals surface area contributed by atoms with Crippen LogP contribution in [0.5, 0.6) is 0 Å². The summed E-state index contributed by atoms with van der Waals surface area (Å²) in [6.07, 6.45) is 0.159. The van der Waals surface area contributed by atoms with Gasteiger partial charge in [0, 0.05) is 36.0 Å². The first-order valence-electron chi connectivity index (χ1n) is 13.6. The fraction of sp³-hybridized carbons (Fsp3) is 0.400. The van der Waals surface area contributed by atoms with Crippen molar-refractivity contribution >= 4 is 22.4 Å². The Labute approximate surface area is 235 Å². The van der Waals surface area contributed by atoms with Crippen molar-refractivity contribution in [3.63, 3.8) is 0 Å². The van der Waals surface area contributed by atoms with Gasteiger partial charge in [0.1, 0.15) is 11.6 Å². The fourth-order valence-electron chi connectivity index (χ4n) is 4.86. The summed E-state index contributed by atoms with van der Waals surface area (Å²) in [5.41, 5.74) is 4.96. The van der Waals surface area contributed by atoms with Crippen LogP contribution >= 0.6 is 0 Å². The van der Waals surface area contributed by atoms with E-state index in [2.05, 4.69) is 20.2 Å². The van der Waals surface area contributed by atoms with Gasteiger partial charge in [-0.1, -0.05) is 31.4 Å². The zero-order chi connectivity index (χ0) is 29.5. The third-order valence-corrected chi connectivity index (χ3v) is 7.05. The lowest BCUT2D eigenvalue weighted by atomic mass is 10.0. The van der Waals surface area contributed by atoms with Crippen LogP contribution in [0.2, 0.25) is 0 Å². The number of nitrogens with one attached hydrogen (secondary N) is 1. The second-order valence-corrected chi connectivity index (χ2v) is 10.2. The molecule has 0 unspecified atom stereocenters. The van der Waals surface area contributed by atoms with Crippen molar-refractivity contribution in [1.82, 2.24) is 14.9 Å². The van der Waals surface area contributed by atoms with Gasteiger partial charge in [-0.2, -0.15) is 26.3 Å². The molecule has 5 nitrogen and oxygen atoms in total. The van der Waals surface area contributed by atoms with E-state index in [0.717, 1.165) is 63.0 Å². The maximum Gasteiger partial charge on any atom is 0.416 e. The van der Waals surface area contributed by atoms with Crippen LogP contribution in [0, 0.1) is 0 Å². The summed E-state index contributed by atoms with van der Waals surface area (Å²) in [4.78, 5) is 11.7. The smallest absolute Gasteiger partial charge is 0.405 e. The van der Waals surface area contributed by atoms with Crippen molar-refractivity contribution in [2.24, 2.45) is 5.73 Å². The zero-order valence-electron chi connectivity index (χ0n) is 22.5. The van der Waals surface area contributed by atoms with Crippen molar-refractivity contribution < 1.29 is 26.3 Å². The van der Waals surface area contributed by atoms with Gasteiger partial charge >= 0.3 is 12.4 Å². The van der Waals surface area contributed by atoms with Crippen LogP contribution in [0.25, 0.3) is 10.9 Å². The summed E-state index contributed by atoms with van der Waals surface area (Å²) in [5, 5.41) is 3.63. The molecule has 3 N–H and O–H groups in total. The number of allylic oxidation sites excluding steroid dienone is 3. The second kappa shape index (κ2) is 13.4. The van der Waals surface area contributed by atoms with Crippen LogP contribution in [0.3, 0.4) is 0 Å². The summed E-state index contributed by atoms with van der Waals surface area (Å²) >= 11 is 0. The van der Waals surface area contributed by atoms with Crippen molar-refractivity contribution in [2.75, 3.05) is 25.0 Å². The third kappa shape index (κ3) is 8.69. The maximum atomic E-state index is 13.6. The molecule has 11 heteroatoms. The largest absolute Gasteiger partial charge is 0.416 e. The number of nitrogens with two attached hydrogens (primary N) is 1. The van der Waals surface area contributed by atoms with E-state index >= 15 is 0 Å². The summed E-state index contributed by atoms with van der Waals surface area (Å²) in [5.74, 6) is 0.880. The van der Waals surface area contributed by atoms with Gasteiger partial charge < -0.3 is 16.0 Å². The Morgan fingerprint density at radius 2 is 1.59 bits per heavy atom. The molecule has 0 radical (unpaired) electrons. The number of aromatic nitrogens is 2. The van der Waals surface area contributed by atoms with Crippen LogP contribution in [-0.2, 0) is 19.0 Å². The molecule has 0 bridgehead atoms. The summed E-state index contributed by atoms with van der Waals surface area (Å²) in [6.45, 7) is 2.70. The lowest BCUT2D eigenvalue weighted by Gasteiger charge is -2.24. The predicted molar refractivity (Wildman–Crippen MR) is 149 cm³/mol. The molecule has 2 heterocycles. The number of hydrogen-bond acceptors (Lipinski definition) is 5. The van der Waals surface area contributed by atoms with Crippen LogP contribution < -0.4 is 11.1 Å². The Hall–Kier alpha value is -3.60. The molecule has 0 amide bonds. The van der Waals surface area contributed by atoms with Crippen molar-refractivity contribution in [3.8, 4) is 0 Å². The molecule has 2 aromatic carbocycles. The van der Waals surface area contributed by atoms with Gasteiger partial charge in [-0.05, 0) is 80.2 Å². The van der Waals surface area contributed by atoms with E-state index in [1.54, 1.807) is 18.2 Å². The molecule has 1 aliphatic rings. The van der Waals surface area contributed by atoms with Gasteiger partial charge in [0.2, 0.25) is 0 Å². The third-order valence-electron chi connectivity index (χ3n) is 7.05. The Balaban J connectivity index is 1.66. The molecule has 1 aliphatic heterocycles. The molecular formula is C30H33F6N5. The maximum absolute atomic E-state index is 13.6. The normalized spacial score (nSPS) is 16.2. The standard InChI is InChI=1S/C30H33F6N5/c31-29(32,33)22-9-11-24(12-10-22)38-28-25-13-8-21(19-23(7-6-15-37)30(34,35)36)20-26(25)39-27(40-28)14-18-41-16-4-2-1-3-5-17-41/h6-13,15,20H,1-5,14,16-19,37H2,(H,38,39,40)/b15-6-,23-7+. The summed E-state index contributed by atoms with van der Waals surface area (Å²) < 4.78 is 79.9. The average molecular weight is 578 g/mol. The van der Waals surface area contributed by atoms with Gasteiger partial charge in [-0.15, -0.1) is 0 Å². The Bertz CT molecular complexity index is 1350. The van der Waals surface area contributed by atoms with Crippen LogP contribution in [0.4, 0.5) is 37.8 Å². The lowest BCUT2D eigenvalue weighted by molar-refractivity contribution is -0.137. The summed E-state index contributed by atoms with van der Waals surface area (Å²) in [7, 11) is 0. The number of rotatable bonds is 8. The van der Waals surface area contributed by atoms with E-state index < -0.39 is 23.5 Å². The number of hydrogen-bond donors (Lipinski definition) is 2. The van der Waals surface area contributed by atoms with E-state index in [-0.39, 0.29) is 6.42 Å². The predicted octanol–water partition coefficient (Wildman–Crippen LogP) is 7.70. The van der Waals surface area contributed by atoms with Crippen LogP contribution in [0.1, 0.15) is 49.1 Å². The molecule has 0 spiro atoms. The van der Waals surface area contributed by atoms with Crippen molar-refractivity contribution in [1.29, 1.82) is 0 Å². The molecule has 3 aromatic rings. The van der Waals surface area contributed by atoms with Crippen LogP contribution in [0.15, 0.2) is 66.4 Å². The van der Waals surface area contributed by atoms with Crippen molar-refractivity contribution in [2.45, 2.75) is 57.3 Å². The second-order valence-electron chi connectivity index (χ2n) is 10.2. The van der Waals surface area contributed by atoms with Gasteiger partial charge in [0.15, 0.2) is 0 Å². The first-order valence-corrected chi connectivity index (χ1v) is 13.6. The quantitative estimate of drug-likeness (QED) is 0.212. The van der Waals surface area contributed by atoms with Crippen LogP contribution in [-0.4, -0.2) is 40.7 Å². The minimum atomic E-state index is -4.54. The molecule has 1 fully saturated rings. The molecule has 0 atom stereocenters. The monoisotopic (exact) mass is 577 g/mol. The Kier molecular flexibility index (Phi) is 9.90. The van der Waals surface area contributed by atoms with Gasteiger partial charge in [0.05, 0.1) is 11.1 Å². The number of likely N-dealkylation sites (tertiary alicyclic amines) is 1. The van der Waals surface area contributed by atoms with Gasteiger partial charge in [-0.25, -0.2) is 9.97 Å². The first kappa shape index (κ1) is 30.4. The number of alkyl halides is 6. The first-order chi connectivity index (χ1) is 19.5. The number of anilines is 2. The Morgan fingerprint density at radius 1 is 0.902 bits per heavy atom. The molecule has 0 saturated carbocycles. The molecular weight excluding hydrogens is 544 g/mol. The highest BCUT2D eigenvalue weighted by Gasteiger charge is 2.33. The SMILES string of the molecule is N/C=C\C=C(/Cc1ccc2c(Nc3ccc(C(F)(F)F)cc3)nc(CCN3CCCCCCC3)nc2c1)C(F)(F)F. The topological polar surface area (TPSA) is 67.1 Å². The highest BCUT2D eigenvalue weighted by Crippen LogP contribution is 2.33. The molecule has 4 rings (SSSR count). The number of benzene rings is 2. The number of fused-ring (bicyclic) bond motifs is 1. The number of nitrogens with zero attached hydrogens (tertiary/aromatic N) is 3. The minimum Gasteiger partial charge on any atom is -0.405 e. The van der Waals surface area contributed by atoms with Gasteiger partial charge in [-0.3, -0.25) is 0 Å². The number of halogens is 6. The molecule has 1 aromatic heterocycles. The van der Waals surface area contributed by atoms with Gasteiger partial charge in [0.25, 0.3) is 0 Å². The lowest BCUT2D eigenvalue weighted by Crippen LogP contribution is -2.29. The molecule has 0 aliphatic carbocycles. The average Bonchev–Trinajstić information content (AvgIpc) is 2.89. The van der Waals surface area contributed by atoms with E-state index in [4.69, 9.17) is 5.73 Å².